The summed E-state index contributed by atoms with van der Waals surface area (Å²) in [4.78, 5) is 27.1. The number of carbonyl (C=O) groups excluding carboxylic acids is 2. The Morgan fingerprint density at radius 1 is 0.829 bits per heavy atom. The van der Waals surface area contributed by atoms with Gasteiger partial charge in [-0.3, -0.25) is 9.59 Å². The van der Waals surface area contributed by atoms with E-state index in [0.717, 1.165) is 11.1 Å². The van der Waals surface area contributed by atoms with E-state index >= 15 is 0 Å². The van der Waals surface area contributed by atoms with E-state index in [4.69, 9.17) is 21.1 Å². The number of rotatable bonds is 4. The van der Waals surface area contributed by atoms with Gasteiger partial charge >= 0.3 is 0 Å². The SMILES string of the molecule is CC1(C)CC(=O)C2=C(C1)OC1=C(C(=O)CC(C)(C)C1)C2c1ccccc1OCc1ccccc1Cl. The van der Waals surface area contributed by atoms with Crippen LogP contribution in [0.25, 0.3) is 0 Å². The van der Waals surface area contributed by atoms with E-state index in [1.165, 1.54) is 0 Å². The fraction of sp³-hybridized carbons (Fsp3) is 0.400. The van der Waals surface area contributed by atoms with Crippen LogP contribution in [-0.4, -0.2) is 11.6 Å². The molecule has 5 rings (SSSR count). The monoisotopic (exact) mass is 490 g/mol. The minimum atomic E-state index is -0.483. The van der Waals surface area contributed by atoms with Gasteiger partial charge in [0.2, 0.25) is 0 Å². The number of benzene rings is 2. The molecule has 5 heteroatoms. The Morgan fingerprint density at radius 3 is 1.97 bits per heavy atom. The molecule has 0 bridgehead atoms. The first-order chi connectivity index (χ1) is 16.5. The topological polar surface area (TPSA) is 52.6 Å². The fourth-order valence-corrected chi connectivity index (χ4v) is 5.80. The first kappa shape index (κ1) is 23.9. The summed E-state index contributed by atoms with van der Waals surface area (Å²) in [6.45, 7) is 8.65. The molecule has 0 aromatic heterocycles. The van der Waals surface area contributed by atoms with Crippen molar-refractivity contribution >= 4 is 23.2 Å². The van der Waals surface area contributed by atoms with Crippen molar-refractivity contribution in [1.82, 2.24) is 0 Å². The second-order valence-electron chi connectivity index (χ2n) is 11.5. The number of hydrogen-bond acceptors (Lipinski definition) is 4. The van der Waals surface area contributed by atoms with Gasteiger partial charge in [-0.05, 0) is 23.0 Å². The van der Waals surface area contributed by atoms with Crippen molar-refractivity contribution in [1.29, 1.82) is 0 Å². The van der Waals surface area contributed by atoms with Gasteiger partial charge in [0.1, 0.15) is 23.9 Å². The Morgan fingerprint density at radius 2 is 1.37 bits per heavy atom. The minimum Gasteiger partial charge on any atom is -0.489 e. The highest BCUT2D eigenvalue weighted by molar-refractivity contribution is 6.31. The zero-order valence-electron chi connectivity index (χ0n) is 20.7. The average molecular weight is 491 g/mol. The maximum Gasteiger partial charge on any atom is 0.163 e. The van der Waals surface area contributed by atoms with E-state index in [2.05, 4.69) is 27.7 Å². The summed E-state index contributed by atoms with van der Waals surface area (Å²) in [5.41, 5.74) is 2.56. The summed E-state index contributed by atoms with van der Waals surface area (Å²) in [5.74, 6) is 1.68. The van der Waals surface area contributed by atoms with E-state index in [-0.39, 0.29) is 22.4 Å². The second-order valence-corrected chi connectivity index (χ2v) is 11.9. The third-order valence-corrected chi connectivity index (χ3v) is 7.52. The quantitative estimate of drug-likeness (QED) is 0.450. The maximum absolute atomic E-state index is 13.5. The molecule has 0 atom stereocenters. The van der Waals surface area contributed by atoms with Crippen molar-refractivity contribution < 1.29 is 19.1 Å². The molecule has 1 heterocycles. The van der Waals surface area contributed by atoms with Crippen molar-refractivity contribution in [2.24, 2.45) is 10.8 Å². The normalized spacial score (nSPS) is 21.4. The van der Waals surface area contributed by atoms with E-state index in [1.807, 2.05) is 48.5 Å². The lowest BCUT2D eigenvalue weighted by Gasteiger charge is -2.43. The van der Waals surface area contributed by atoms with E-state index < -0.39 is 5.92 Å². The zero-order valence-corrected chi connectivity index (χ0v) is 21.5. The van der Waals surface area contributed by atoms with E-state index in [0.29, 0.717) is 65.7 Å². The molecule has 0 amide bonds. The summed E-state index contributed by atoms with van der Waals surface area (Å²) in [6, 6.07) is 15.3. The Hall–Kier alpha value is -2.85. The van der Waals surface area contributed by atoms with Crippen molar-refractivity contribution in [2.75, 3.05) is 0 Å². The third kappa shape index (κ3) is 4.56. The van der Waals surface area contributed by atoms with Crippen LogP contribution in [0.4, 0.5) is 0 Å². The number of ketones is 2. The molecule has 0 spiro atoms. The van der Waals surface area contributed by atoms with Gasteiger partial charge in [-0.15, -0.1) is 0 Å². The van der Waals surface area contributed by atoms with Crippen LogP contribution in [0.5, 0.6) is 5.75 Å². The van der Waals surface area contributed by atoms with Crippen LogP contribution in [0, 0.1) is 10.8 Å². The molecule has 3 aliphatic rings. The molecule has 2 aromatic carbocycles. The Labute approximate surface area is 212 Å². The van der Waals surface area contributed by atoms with E-state index in [1.54, 1.807) is 0 Å². The van der Waals surface area contributed by atoms with Crippen LogP contribution in [0.1, 0.15) is 70.4 Å². The Kier molecular flexibility index (Phi) is 5.91. The lowest BCUT2D eigenvalue weighted by atomic mass is 9.65. The highest BCUT2D eigenvalue weighted by Gasteiger charge is 2.48. The first-order valence-electron chi connectivity index (χ1n) is 12.2. The second kappa shape index (κ2) is 8.67. The first-order valence-corrected chi connectivity index (χ1v) is 12.6. The molecule has 0 saturated carbocycles. The molecule has 1 aliphatic heterocycles. The van der Waals surface area contributed by atoms with Gasteiger partial charge in [-0.1, -0.05) is 75.7 Å². The standard InChI is InChI=1S/C30H31ClO4/c1-29(2)13-21(32)27-24(15-29)35-25-16-30(3,4)14-22(33)28(25)26(27)19-10-6-8-12-23(19)34-17-18-9-5-7-11-20(18)31/h5-12,26H,13-17H2,1-4H3. The van der Waals surface area contributed by atoms with Crippen LogP contribution >= 0.6 is 11.6 Å². The summed E-state index contributed by atoms with van der Waals surface area (Å²) in [7, 11) is 0. The smallest absolute Gasteiger partial charge is 0.163 e. The number of halogens is 1. The van der Waals surface area contributed by atoms with Crippen molar-refractivity contribution in [2.45, 2.75) is 65.9 Å². The Bertz CT molecular complexity index is 1230. The van der Waals surface area contributed by atoms with Gasteiger partial charge in [-0.2, -0.15) is 0 Å². The lowest BCUT2D eigenvalue weighted by molar-refractivity contribution is -0.120. The molecular weight excluding hydrogens is 460 g/mol. The largest absolute Gasteiger partial charge is 0.489 e. The average Bonchev–Trinajstić information content (AvgIpc) is 2.75. The highest BCUT2D eigenvalue weighted by atomic mass is 35.5. The minimum absolute atomic E-state index is 0.0475. The number of ether oxygens (including phenoxy) is 2. The molecule has 2 aliphatic carbocycles. The fourth-order valence-electron chi connectivity index (χ4n) is 5.61. The van der Waals surface area contributed by atoms with Crippen molar-refractivity contribution in [3.63, 3.8) is 0 Å². The summed E-state index contributed by atoms with van der Waals surface area (Å²) < 4.78 is 12.7. The summed E-state index contributed by atoms with van der Waals surface area (Å²) >= 11 is 6.35. The van der Waals surface area contributed by atoms with Crippen LogP contribution in [0.3, 0.4) is 0 Å². The van der Waals surface area contributed by atoms with Gasteiger partial charge in [0.25, 0.3) is 0 Å². The molecule has 0 fully saturated rings. The molecule has 35 heavy (non-hydrogen) atoms. The highest BCUT2D eigenvalue weighted by Crippen LogP contribution is 2.54. The molecule has 2 aromatic rings. The zero-order chi connectivity index (χ0) is 25.0. The molecule has 0 unspecified atom stereocenters. The van der Waals surface area contributed by atoms with E-state index in [9.17, 15) is 9.59 Å². The number of Topliss-reactive ketones (excluding diaryl/α,β-unsaturated/α-hetero) is 2. The predicted molar refractivity (Wildman–Crippen MR) is 136 cm³/mol. The number of para-hydroxylation sites is 1. The van der Waals surface area contributed by atoms with Gasteiger partial charge in [0.15, 0.2) is 11.6 Å². The van der Waals surface area contributed by atoms with Gasteiger partial charge in [-0.25, -0.2) is 0 Å². The lowest BCUT2D eigenvalue weighted by Crippen LogP contribution is -2.37. The molecule has 182 valence electrons. The number of carbonyl (C=O) groups is 2. The number of allylic oxidation sites excluding steroid dienone is 4. The summed E-state index contributed by atoms with van der Waals surface area (Å²) in [6.07, 6.45) is 2.19. The van der Waals surface area contributed by atoms with Gasteiger partial charge in [0, 0.05) is 53.0 Å². The Balaban J connectivity index is 1.62. The van der Waals surface area contributed by atoms with Crippen molar-refractivity contribution in [3.05, 3.63) is 87.3 Å². The molecule has 0 N–H and O–H groups in total. The molecular formula is C30H31ClO4. The van der Waals surface area contributed by atoms with Gasteiger partial charge < -0.3 is 9.47 Å². The van der Waals surface area contributed by atoms with Crippen molar-refractivity contribution in [3.8, 4) is 5.75 Å². The third-order valence-electron chi connectivity index (χ3n) is 7.15. The van der Waals surface area contributed by atoms with Crippen LogP contribution < -0.4 is 4.74 Å². The molecule has 0 saturated heterocycles. The summed E-state index contributed by atoms with van der Waals surface area (Å²) in [5, 5.41) is 0.639. The van der Waals surface area contributed by atoms with Crippen LogP contribution in [0.2, 0.25) is 5.02 Å². The van der Waals surface area contributed by atoms with Crippen LogP contribution in [0.15, 0.2) is 71.2 Å². The molecule has 0 radical (unpaired) electrons. The van der Waals surface area contributed by atoms with Gasteiger partial charge in [0.05, 0.1) is 5.92 Å². The number of hydrogen-bond donors (Lipinski definition) is 0. The molecule has 4 nitrogen and oxygen atoms in total. The van der Waals surface area contributed by atoms with Crippen LogP contribution in [-0.2, 0) is 20.9 Å². The predicted octanol–water partition coefficient (Wildman–Crippen LogP) is 7.32. The maximum atomic E-state index is 13.5.